The second-order valence-electron chi connectivity index (χ2n) is 7.63. The first-order chi connectivity index (χ1) is 15.5. The Labute approximate surface area is 204 Å². The van der Waals surface area contributed by atoms with Crippen LogP contribution in [0.4, 0.5) is 0 Å². The molecule has 1 aliphatic carbocycles. The SMILES string of the molecule is C#CCOc1c(Cl)cc(C=Nn2c(C3CCCCC3)nc3ccc(Br)cc3c2=O)cc1Cl. The number of ether oxygens (including phenoxy) is 1. The highest BCUT2D eigenvalue weighted by molar-refractivity contribution is 9.10. The fourth-order valence-corrected chi connectivity index (χ4v) is 4.91. The minimum Gasteiger partial charge on any atom is -0.478 e. The van der Waals surface area contributed by atoms with Crippen molar-refractivity contribution < 1.29 is 4.74 Å². The van der Waals surface area contributed by atoms with Gasteiger partial charge in [0.15, 0.2) is 5.75 Å². The van der Waals surface area contributed by atoms with Gasteiger partial charge >= 0.3 is 0 Å². The molecule has 5 nitrogen and oxygen atoms in total. The van der Waals surface area contributed by atoms with Crippen LogP contribution in [-0.2, 0) is 0 Å². The molecule has 1 heterocycles. The number of fused-ring (bicyclic) bond motifs is 1. The van der Waals surface area contributed by atoms with Crippen LogP contribution in [0, 0.1) is 12.3 Å². The first kappa shape index (κ1) is 22.8. The molecule has 0 aliphatic heterocycles. The number of hydrogen-bond acceptors (Lipinski definition) is 4. The number of hydrogen-bond donors (Lipinski definition) is 0. The zero-order valence-corrected chi connectivity index (χ0v) is 20.3. The summed E-state index contributed by atoms with van der Waals surface area (Å²) in [6.07, 6.45) is 12.2. The van der Waals surface area contributed by atoms with Gasteiger partial charge in [-0.1, -0.05) is 64.3 Å². The van der Waals surface area contributed by atoms with Crippen LogP contribution in [0.5, 0.6) is 5.75 Å². The minimum absolute atomic E-state index is 0.0608. The van der Waals surface area contributed by atoms with Crippen molar-refractivity contribution in [1.82, 2.24) is 9.66 Å². The molecular formula is C24H20BrCl2N3O2. The van der Waals surface area contributed by atoms with E-state index >= 15 is 0 Å². The van der Waals surface area contributed by atoms with Crippen LogP contribution < -0.4 is 10.3 Å². The molecule has 0 radical (unpaired) electrons. The van der Waals surface area contributed by atoms with E-state index in [0.717, 1.165) is 30.2 Å². The zero-order valence-electron chi connectivity index (χ0n) is 17.2. The lowest BCUT2D eigenvalue weighted by Gasteiger charge is -2.22. The van der Waals surface area contributed by atoms with E-state index in [4.69, 9.17) is 39.3 Å². The molecule has 1 fully saturated rings. The molecule has 1 saturated carbocycles. The molecule has 1 aliphatic rings. The topological polar surface area (TPSA) is 56.5 Å². The Bertz CT molecular complexity index is 1270. The summed E-state index contributed by atoms with van der Waals surface area (Å²) in [4.78, 5) is 18.2. The molecule has 8 heteroatoms. The first-order valence-corrected chi connectivity index (χ1v) is 11.8. The van der Waals surface area contributed by atoms with Crippen LogP contribution in [0.2, 0.25) is 10.0 Å². The monoisotopic (exact) mass is 531 g/mol. The Morgan fingerprint density at radius 3 is 2.62 bits per heavy atom. The normalized spacial score (nSPS) is 14.7. The third kappa shape index (κ3) is 4.85. The van der Waals surface area contributed by atoms with Crippen molar-refractivity contribution >= 4 is 56.2 Å². The molecule has 0 N–H and O–H groups in total. The smallest absolute Gasteiger partial charge is 0.282 e. The van der Waals surface area contributed by atoms with E-state index in [0.29, 0.717) is 38.1 Å². The third-order valence-electron chi connectivity index (χ3n) is 5.45. The summed E-state index contributed by atoms with van der Waals surface area (Å²) in [7, 11) is 0. The fourth-order valence-electron chi connectivity index (χ4n) is 3.93. The maximum absolute atomic E-state index is 13.4. The van der Waals surface area contributed by atoms with Gasteiger partial charge < -0.3 is 4.74 Å². The summed E-state index contributed by atoms with van der Waals surface area (Å²) in [6, 6.07) is 8.85. The molecule has 1 aromatic heterocycles. The van der Waals surface area contributed by atoms with E-state index in [1.165, 1.54) is 11.1 Å². The zero-order chi connectivity index (χ0) is 22.7. The van der Waals surface area contributed by atoms with Crippen molar-refractivity contribution in [1.29, 1.82) is 0 Å². The van der Waals surface area contributed by atoms with Gasteiger partial charge in [-0.25, -0.2) is 4.98 Å². The van der Waals surface area contributed by atoms with Crippen molar-refractivity contribution in [3.8, 4) is 18.1 Å². The van der Waals surface area contributed by atoms with Crippen molar-refractivity contribution in [2.75, 3.05) is 6.61 Å². The Morgan fingerprint density at radius 1 is 1.22 bits per heavy atom. The molecule has 164 valence electrons. The summed E-state index contributed by atoms with van der Waals surface area (Å²) >= 11 is 16.0. The van der Waals surface area contributed by atoms with Gasteiger partial charge in [-0.3, -0.25) is 4.79 Å². The first-order valence-electron chi connectivity index (χ1n) is 10.3. The summed E-state index contributed by atoms with van der Waals surface area (Å²) in [6.45, 7) is 0.0608. The summed E-state index contributed by atoms with van der Waals surface area (Å²) in [5.41, 5.74) is 1.09. The second kappa shape index (κ2) is 10.1. The predicted octanol–water partition coefficient (Wildman–Crippen LogP) is 6.41. The van der Waals surface area contributed by atoms with Crippen LogP contribution in [0.1, 0.15) is 49.4 Å². The number of benzene rings is 2. The molecule has 3 aromatic rings. The lowest BCUT2D eigenvalue weighted by atomic mass is 9.88. The number of halogens is 3. The van der Waals surface area contributed by atoms with E-state index < -0.39 is 0 Å². The van der Waals surface area contributed by atoms with Gasteiger partial charge in [0.05, 0.1) is 27.2 Å². The van der Waals surface area contributed by atoms with Crippen LogP contribution >= 0.6 is 39.1 Å². The van der Waals surface area contributed by atoms with Gasteiger partial charge in [0.25, 0.3) is 5.56 Å². The molecule has 2 aromatic carbocycles. The highest BCUT2D eigenvalue weighted by Gasteiger charge is 2.22. The van der Waals surface area contributed by atoms with Gasteiger partial charge in [-0.15, -0.1) is 6.42 Å². The van der Waals surface area contributed by atoms with Crippen LogP contribution in [0.15, 0.2) is 44.7 Å². The van der Waals surface area contributed by atoms with E-state index in [1.807, 2.05) is 12.1 Å². The van der Waals surface area contributed by atoms with Gasteiger partial charge in [0.1, 0.15) is 12.4 Å². The van der Waals surface area contributed by atoms with Gasteiger partial charge in [-0.05, 0) is 48.7 Å². The molecular weight excluding hydrogens is 513 g/mol. The van der Waals surface area contributed by atoms with Crippen molar-refractivity contribution in [2.24, 2.45) is 5.10 Å². The van der Waals surface area contributed by atoms with E-state index in [-0.39, 0.29) is 18.1 Å². The molecule has 0 bridgehead atoms. The maximum Gasteiger partial charge on any atom is 0.282 e. The quantitative estimate of drug-likeness (QED) is 0.282. The lowest BCUT2D eigenvalue weighted by molar-refractivity contribution is 0.371. The van der Waals surface area contributed by atoms with E-state index in [9.17, 15) is 4.79 Å². The van der Waals surface area contributed by atoms with E-state index in [2.05, 4.69) is 27.0 Å². The summed E-state index contributed by atoms with van der Waals surface area (Å²) in [5, 5.41) is 5.65. The standard InChI is InChI=1S/C24H20BrCl2N3O2/c1-2-10-32-22-19(26)11-15(12-20(22)27)14-28-30-23(16-6-4-3-5-7-16)29-21-9-8-17(25)13-18(21)24(30)31/h1,8-9,11-14,16H,3-7,10H2. The van der Waals surface area contributed by atoms with Gasteiger partial charge in [-0.2, -0.15) is 9.78 Å². The fraction of sp³-hybridized carbons (Fsp3) is 0.292. The van der Waals surface area contributed by atoms with Crippen LogP contribution in [0.3, 0.4) is 0 Å². The summed E-state index contributed by atoms with van der Waals surface area (Å²) in [5.74, 6) is 3.58. The third-order valence-corrected chi connectivity index (χ3v) is 6.50. The number of nitrogens with zero attached hydrogens (tertiary/aromatic N) is 3. The lowest BCUT2D eigenvalue weighted by Crippen LogP contribution is -2.25. The second-order valence-corrected chi connectivity index (χ2v) is 9.36. The number of rotatable bonds is 5. The van der Waals surface area contributed by atoms with E-state index in [1.54, 1.807) is 24.4 Å². The van der Waals surface area contributed by atoms with Gasteiger partial charge in [0, 0.05) is 10.4 Å². The molecule has 0 atom stereocenters. The Hall–Kier alpha value is -2.33. The molecule has 4 rings (SSSR count). The average molecular weight is 533 g/mol. The average Bonchev–Trinajstić information content (AvgIpc) is 2.79. The summed E-state index contributed by atoms with van der Waals surface area (Å²) < 4.78 is 7.62. The predicted molar refractivity (Wildman–Crippen MR) is 133 cm³/mol. The van der Waals surface area contributed by atoms with Crippen LogP contribution in [-0.4, -0.2) is 22.5 Å². The van der Waals surface area contributed by atoms with Gasteiger partial charge in [0.2, 0.25) is 0 Å². The number of terminal acetylenes is 1. The molecule has 32 heavy (non-hydrogen) atoms. The maximum atomic E-state index is 13.4. The Balaban J connectivity index is 1.79. The van der Waals surface area contributed by atoms with Crippen molar-refractivity contribution in [3.63, 3.8) is 0 Å². The van der Waals surface area contributed by atoms with Crippen molar-refractivity contribution in [2.45, 2.75) is 38.0 Å². The van der Waals surface area contributed by atoms with Crippen LogP contribution in [0.25, 0.3) is 10.9 Å². The van der Waals surface area contributed by atoms with Crippen molar-refractivity contribution in [3.05, 3.63) is 66.6 Å². The molecule has 0 saturated heterocycles. The highest BCUT2D eigenvalue weighted by atomic mass is 79.9. The Morgan fingerprint density at radius 2 is 1.94 bits per heavy atom. The Kier molecular flexibility index (Phi) is 7.20. The number of aromatic nitrogens is 2. The molecule has 0 amide bonds. The minimum atomic E-state index is -0.209. The highest BCUT2D eigenvalue weighted by Crippen LogP contribution is 2.34. The largest absolute Gasteiger partial charge is 0.478 e. The molecule has 0 unspecified atom stereocenters. The molecule has 0 spiro atoms.